The van der Waals surface area contributed by atoms with Crippen LogP contribution in [0.1, 0.15) is 17.0 Å². The average Bonchev–Trinajstić information content (AvgIpc) is 2.57. The zero-order valence-electron chi connectivity index (χ0n) is 9.40. The molecule has 0 spiro atoms. The second-order valence-electron chi connectivity index (χ2n) is 3.60. The normalized spacial score (nSPS) is 10.2. The third-order valence-corrected chi connectivity index (χ3v) is 3.04. The van der Waals surface area contributed by atoms with Crippen LogP contribution in [0.2, 0.25) is 5.02 Å². The molecule has 0 saturated carbocycles. The summed E-state index contributed by atoms with van der Waals surface area (Å²) in [5.41, 5.74) is 7.99. The topological polar surface area (TPSA) is 80.5 Å². The largest absolute Gasteiger partial charge is 0.395 e. The van der Waals surface area contributed by atoms with Crippen LogP contribution in [0.25, 0.3) is 5.82 Å². The Labute approximate surface area is 103 Å². The van der Waals surface area contributed by atoms with E-state index in [0.717, 1.165) is 5.69 Å². The first-order valence-corrected chi connectivity index (χ1v) is 5.30. The van der Waals surface area contributed by atoms with Gasteiger partial charge in [-0.3, -0.25) is 0 Å². The zero-order valence-corrected chi connectivity index (χ0v) is 10.2. The standard InChI is InChI=1S/C11H10ClN5/c1-6-9(12)7(2)17(16-6)11-10(14)8(5-13)3-4-15-11/h3-4H,14H2,1-2H3. The summed E-state index contributed by atoms with van der Waals surface area (Å²) in [6.07, 6.45) is 1.52. The molecule has 6 heteroatoms. The van der Waals surface area contributed by atoms with E-state index in [9.17, 15) is 0 Å². The molecule has 0 atom stereocenters. The number of anilines is 1. The molecule has 2 N–H and O–H groups in total. The fraction of sp³-hybridized carbons (Fsp3) is 0.182. The molecule has 0 fully saturated rings. The van der Waals surface area contributed by atoms with Crippen molar-refractivity contribution in [1.82, 2.24) is 14.8 Å². The molecule has 0 amide bonds. The number of aromatic nitrogens is 3. The monoisotopic (exact) mass is 247 g/mol. The Balaban J connectivity index is 2.70. The van der Waals surface area contributed by atoms with E-state index in [-0.39, 0.29) is 0 Å². The fourth-order valence-electron chi connectivity index (χ4n) is 1.56. The van der Waals surface area contributed by atoms with E-state index in [2.05, 4.69) is 10.1 Å². The molecule has 5 nitrogen and oxygen atoms in total. The van der Waals surface area contributed by atoms with Crippen LogP contribution < -0.4 is 5.73 Å². The molecule has 17 heavy (non-hydrogen) atoms. The minimum absolute atomic E-state index is 0.303. The summed E-state index contributed by atoms with van der Waals surface area (Å²) in [6.45, 7) is 3.62. The van der Waals surface area contributed by atoms with Gasteiger partial charge in [-0.15, -0.1) is 0 Å². The van der Waals surface area contributed by atoms with Gasteiger partial charge in [-0.2, -0.15) is 10.4 Å². The molecular formula is C11H10ClN5. The molecule has 0 aliphatic rings. The highest BCUT2D eigenvalue weighted by molar-refractivity contribution is 6.31. The lowest BCUT2D eigenvalue weighted by Crippen LogP contribution is -2.07. The number of rotatable bonds is 1. The number of hydrogen-bond acceptors (Lipinski definition) is 4. The minimum Gasteiger partial charge on any atom is -0.395 e. The Bertz CT molecular complexity index is 624. The van der Waals surface area contributed by atoms with E-state index >= 15 is 0 Å². The summed E-state index contributed by atoms with van der Waals surface area (Å²) in [4.78, 5) is 4.14. The summed E-state index contributed by atoms with van der Waals surface area (Å²) in [6, 6.07) is 3.57. The molecule has 0 unspecified atom stereocenters. The third kappa shape index (κ3) is 1.73. The molecular weight excluding hydrogens is 238 g/mol. The Kier molecular flexibility index (Phi) is 2.74. The van der Waals surface area contributed by atoms with Gasteiger partial charge in [0, 0.05) is 6.20 Å². The second-order valence-corrected chi connectivity index (χ2v) is 3.98. The highest BCUT2D eigenvalue weighted by Crippen LogP contribution is 2.25. The van der Waals surface area contributed by atoms with Gasteiger partial charge in [0.2, 0.25) is 0 Å². The Morgan fingerprint density at radius 3 is 2.71 bits per heavy atom. The fourth-order valence-corrected chi connectivity index (χ4v) is 1.68. The molecule has 0 saturated heterocycles. The van der Waals surface area contributed by atoms with E-state index in [4.69, 9.17) is 22.6 Å². The summed E-state index contributed by atoms with van der Waals surface area (Å²) >= 11 is 6.06. The first-order chi connectivity index (χ1) is 8.06. The number of pyridine rings is 1. The molecule has 2 aromatic rings. The molecule has 86 valence electrons. The molecule has 0 aromatic carbocycles. The summed E-state index contributed by atoms with van der Waals surface area (Å²) in [5, 5.41) is 13.7. The number of nitrogen functional groups attached to an aromatic ring is 1. The van der Waals surface area contributed by atoms with Gasteiger partial charge in [0.15, 0.2) is 5.82 Å². The minimum atomic E-state index is 0.303. The SMILES string of the molecule is Cc1nn(-c2nccc(C#N)c2N)c(C)c1Cl. The van der Waals surface area contributed by atoms with Crippen LogP contribution in [-0.4, -0.2) is 14.8 Å². The summed E-state index contributed by atoms with van der Waals surface area (Å²) in [7, 11) is 0. The lowest BCUT2D eigenvalue weighted by molar-refractivity contribution is 0.808. The van der Waals surface area contributed by atoms with Crippen molar-refractivity contribution in [2.45, 2.75) is 13.8 Å². The molecule has 0 bridgehead atoms. The number of nitrogens with two attached hydrogens (primary N) is 1. The number of nitriles is 1. The third-order valence-electron chi connectivity index (χ3n) is 2.49. The number of nitrogens with zero attached hydrogens (tertiary/aromatic N) is 4. The number of halogens is 1. The molecule has 0 aliphatic carbocycles. The second kappa shape index (κ2) is 4.07. The van der Waals surface area contributed by atoms with E-state index in [1.807, 2.05) is 13.0 Å². The zero-order chi connectivity index (χ0) is 12.6. The van der Waals surface area contributed by atoms with Crippen molar-refractivity contribution in [2.24, 2.45) is 0 Å². The first-order valence-electron chi connectivity index (χ1n) is 4.93. The van der Waals surface area contributed by atoms with Crippen LogP contribution in [0.15, 0.2) is 12.3 Å². The highest BCUT2D eigenvalue weighted by atomic mass is 35.5. The van der Waals surface area contributed by atoms with Crippen molar-refractivity contribution in [3.8, 4) is 11.9 Å². The predicted octanol–water partition coefficient (Wildman–Crippen LogP) is 1.99. The van der Waals surface area contributed by atoms with Gasteiger partial charge < -0.3 is 5.73 Å². The highest BCUT2D eigenvalue weighted by Gasteiger charge is 2.15. The van der Waals surface area contributed by atoms with Crippen molar-refractivity contribution in [2.75, 3.05) is 5.73 Å². The van der Waals surface area contributed by atoms with Gasteiger partial charge in [0.05, 0.1) is 27.7 Å². The summed E-state index contributed by atoms with van der Waals surface area (Å²) < 4.78 is 1.55. The van der Waals surface area contributed by atoms with Gasteiger partial charge in [0.1, 0.15) is 6.07 Å². The van der Waals surface area contributed by atoms with Crippen molar-refractivity contribution in [3.63, 3.8) is 0 Å². The van der Waals surface area contributed by atoms with Crippen LogP contribution in [0, 0.1) is 25.2 Å². The van der Waals surface area contributed by atoms with Crippen LogP contribution in [0.5, 0.6) is 0 Å². The lowest BCUT2D eigenvalue weighted by Gasteiger charge is -2.07. The van der Waals surface area contributed by atoms with Crippen LogP contribution >= 0.6 is 11.6 Å². The maximum Gasteiger partial charge on any atom is 0.178 e. The van der Waals surface area contributed by atoms with Crippen molar-refractivity contribution < 1.29 is 0 Å². The summed E-state index contributed by atoms with van der Waals surface area (Å²) in [5.74, 6) is 0.427. The van der Waals surface area contributed by atoms with Crippen molar-refractivity contribution in [3.05, 3.63) is 34.2 Å². The van der Waals surface area contributed by atoms with Crippen LogP contribution in [0.3, 0.4) is 0 Å². The van der Waals surface area contributed by atoms with Crippen molar-refractivity contribution in [1.29, 1.82) is 5.26 Å². The van der Waals surface area contributed by atoms with E-state index in [1.54, 1.807) is 17.7 Å². The maximum atomic E-state index is 8.91. The van der Waals surface area contributed by atoms with Gasteiger partial charge in [-0.25, -0.2) is 9.67 Å². The maximum absolute atomic E-state index is 8.91. The Hall–Kier alpha value is -2.06. The quantitative estimate of drug-likeness (QED) is 0.836. The average molecular weight is 248 g/mol. The van der Waals surface area contributed by atoms with E-state index in [0.29, 0.717) is 27.8 Å². The van der Waals surface area contributed by atoms with Gasteiger partial charge >= 0.3 is 0 Å². The van der Waals surface area contributed by atoms with Gasteiger partial charge in [-0.05, 0) is 19.9 Å². The number of aryl methyl sites for hydroxylation is 1. The molecule has 2 rings (SSSR count). The van der Waals surface area contributed by atoms with E-state index < -0.39 is 0 Å². The van der Waals surface area contributed by atoms with Crippen molar-refractivity contribution >= 4 is 17.3 Å². The van der Waals surface area contributed by atoms with Gasteiger partial charge in [-0.1, -0.05) is 11.6 Å². The lowest BCUT2D eigenvalue weighted by atomic mass is 10.2. The van der Waals surface area contributed by atoms with Crippen LogP contribution in [0.4, 0.5) is 5.69 Å². The molecule has 2 heterocycles. The smallest absolute Gasteiger partial charge is 0.178 e. The molecule has 2 aromatic heterocycles. The number of hydrogen-bond donors (Lipinski definition) is 1. The predicted molar refractivity (Wildman–Crippen MR) is 65.0 cm³/mol. The molecule has 0 radical (unpaired) electrons. The first kappa shape index (κ1) is 11.4. The molecule has 0 aliphatic heterocycles. The van der Waals surface area contributed by atoms with Gasteiger partial charge in [0.25, 0.3) is 0 Å². The Morgan fingerprint density at radius 2 is 2.18 bits per heavy atom. The Morgan fingerprint density at radius 1 is 1.47 bits per heavy atom. The van der Waals surface area contributed by atoms with Crippen LogP contribution in [-0.2, 0) is 0 Å². The van der Waals surface area contributed by atoms with E-state index in [1.165, 1.54) is 6.20 Å².